The fourth-order valence-corrected chi connectivity index (χ4v) is 2.75. The second kappa shape index (κ2) is 2.96. The van der Waals surface area contributed by atoms with E-state index >= 15 is 0 Å². The minimum atomic E-state index is -0.424. The van der Waals surface area contributed by atoms with Crippen molar-refractivity contribution in [3.8, 4) is 0 Å². The molecular weight excluding hydrogens is 166 g/mol. The number of fused-ring (bicyclic) bond motifs is 2. The second-order valence-corrected chi connectivity index (χ2v) is 4.12. The van der Waals surface area contributed by atoms with Gasteiger partial charge in [0.25, 0.3) is 0 Å². The number of nitrogens with two attached hydrogens (primary N) is 1. The number of likely N-dealkylation sites (N-methyl/N-ethyl adjacent to an activating group) is 1. The lowest BCUT2D eigenvalue weighted by molar-refractivity contribution is -0.127. The summed E-state index contributed by atoms with van der Waals surface area (Å²) in [5.41, 5.74) is 5.05. The van der Waals surface area contributed by atoms with E-state index in [1.165, 1.54) is 0 Å². The Kier molecular flexibility index (Phi) is 2.04. The van der Waals surface area contributed by atoms with Crippen LogP contribution in [0, 0.1) is 5.92 Å². The number of nitrogens with one attached hydrogen (secondary N) is 1. The van der Waals surface area contributed by atoms with Crippen LogP contribution in [0.1, 0.15) is 12.8 Å². The first kappa shape index (κ1) is 8.97. The van der Waals surface area contributed by atoms with E-state index in [0.29, 0.717) is 5.92 Å². The summed E-state index contributed by atoms with van der Waals surface area (Å²) in [6, 6.07) is 0. The van der Waals surface area contributed by atoms with E-state index in [4.69, 9.17) is 5.73 Å². The van der Waals surface area contributed by atoms with Gasteiger partial charge < -0.3 is 16.0 Å². The number of carbonyl (C=O) groups is 1. The van der Waals surface area contributed by atoms with Gasteiger partial charge in [-0.2, -0.15) is 0 Å². The summed E-state index contributed by atoms with van der Waals surface area (Å²) in [6.07, 6.45) is 1.97. The van der Waals surface area contributed by atoms with Crippen LogP contribution in [0.15, 0.2) is 0 Å². The van der Waals surface area contributed by atoms with Gasteiger partial charge in [0, 0.05) is 19.0 Å². The quantitative estimate of drug-likeness (QED) is 0.586. The summed E-state index contributed by atoms with van der Waals surface area (Å²) >= 11 is 0. The minimum Gasteiger partial charge on any atom is -0.368 e. The normalized spacial score (nSPS) is 43.5. The van der Waals surface area contributed by atoms with Gasteiger partial charge in [0.2, 0.25) is 5.91 Å². The van der Waals surface area contributed by atoms with Gasteiger partial charge in [0.1, 0.15) is 5.54 Å². The Hall–Kier alpha value is -0.610. The highest BCUT2D eigenvalue weighted by atomic mass is 16.1. The average Bonchev–Trinajstić information content (AvgIpc) is 2.50. The predicted octanol–water partition coefficient (Wildman–Crippen LogP) is -0.844. The topological polar surface area (TPSA) is 58.4 Å². The molecule has 1 amide bonds. The highest BCUT2D eigenvalue weighted by Crippen LogP contribution is 2.35. The van der Waals surface area contributed by atoms with E-state index in [-0.39, 0.29) is 5.91 Å². The van der Waals surface area contributed by atoms with Crippen LogP contribution in [-0.4, -0.2) is 43.0 Å². The molecule has 13 heavy (non-hydrogen) atoms. The van der Waals surface area contributed by atoms with Crippen LogP contribution in [0.2, 0.25) is 0 Å². The van der Waals surface area contributed by atoms with Crippen LogP contribution < -0.4 is 11.1 Å². The van der Waals surface area contributed by atoms with E-state index in [1.54, 1.807) is 0 Å². The van der Waals surface area contributed by atoms with Crippen LogP contribution in [0.25, 0.3) is 0 Å². The summed E-state index contributed by atoms with van der Waals surface area (Å²) in [4.78, 5) is 13.8. The molecule has 3 atom stereocenters. The first-order valence-corrected chi connectivity index (χ1v) is 4.90. The first-order chi connectivity index (χ1) is 6.19. The third-order valence-corrected chi connectivity index (χ3v) is 3.68. The number of primary amides is 1. The largest absolute Gasteiger partial charge is 0.368 e. The van der Waals surface area contributed by atoms with Crippen molar-refractivity contribution in [2.75, 3.05) is 26.7 Å². The zero-order chi connectivity index (χ0) is 9.47. The fourth-order valence-electron chi connectivity index (χ4n) is 2.75. The van der Waals surface area contributed by atoms with Crippen molar-refractivity contribution in [1.29, 1.82) is 0 Å². The van der Waals surface area contributed by atoms with E-state index in [9.17, 15) is 4.79 Å². The summed E-state index contributed by atoms with van der Waals surface area (Å²) in [7, 11) is 1.85. The molecule has 2 fully saturated rings. The van der Waals surface area contributed by atoms with Crippen LogP contribution in [0.3, 0.4) is 0 Å². The molecule has 2 rings (SSSR count). The molecule has 4 heteroatoms. The molecule has 3 unspecified atom stereocenters. The van der Waals surface area contributed by atoms with Gasteiger partial charge in [-0.3, -0.25) is 4.79 Å². The zero-order valence-electron chi connectivity index (χ0n) is 8.05. The van der Waals surface area contributed by atoms with Gasteiger partial charge in [-0.25, -0.2) is 0 Å². The van der Waals surface area contributed by atoms with Crippen molar-refractivity contribution >= 4 is 5.91 Å². The second-order valence-electron chi connectivity index (χ2n) is 4.12. The lowest BCUT2D eigenvalue weighted by atomic mass is 9.78. The number of nitrogens with zero attached hydrogens (tertiary/aromatic N) is 1. The molecule has 0 aromatic carbocycles. The van der Waals surface area contributed by atoms with Gasteiger partial charge in [0.15, 0.2) is 0 Å². The van der Waals surface area contributed by atoms with Crippen molar-refractivity contribution in [3.63, 3.8) is 0 Å². The Morgan fingerprint density at radius 2 is 2.38 bits per heavy atom. The smallest absolute Gasteiger partial charge is 0.238 e. The molecular formula is C9H17N3O. The highest BCUT2D eigenvalue weighted by molar-refractivity contribution is 5.85. The Morgan fingerprint density at radius 3 is 3.00 bits per heavy atom. The fraction of sp³-hybridized carbons (Fsp3) is 0.889. The molecule has 0 saturated carbocycles. The summed E-state index contributed by atoms with van der Waals surface area (Å²) in [6.45, 7) is 3.16. The van der Waals surface area contributed by atoms with E-state index in [2.05, 4.69) is 10.2 Å². The van der Waals surface area contributed by atoms with Crippen LogP contribution in [-0.2, 0) is 4.79 Å². The van der Waals surface area contributed by atoms with E-state index in [1.807, 2.05) is 7.05 Å². The molecule has 2 heterocycles. The van der Waals surface area contributed by atoms with Gasteiger partial charge >= 0.3 is 0 Å². The lowest BCUT2D eigenvalue weighted by Gasteiger charge is -2.40. The van der Waals surface area contributed by atoms with Crippen molar-refractivity contribution in [2.45, 2.75) is 18.4 Å². The molecule has 0 radical (unpaired) electrons. The van der Waals surface area contributed by atoms with Gasteiger partial charge in [-0.1, -0.05) is 0 Å². The molecule has 2 aliphatic rings. The maximum atomic E-state index is 11.4. The molecule has 3 N–H and O–H groups in total. The third kappa shape index (κ3) is 1.16. The molecule has 4 nitrogen and oxygen atoms in total. The monoisotopic (exact) mass is 183 g/mol. The van der Waals surface area contributed by atoms with Crippen LogP contribution >= 0.6 is 0 Å². The zero-order valence-corrected chi connectivity index (χ0v) is 8.05. The number of carbonyl (C=O) groups excluding carboxylic acids is 1. The maximum absolute atomic E-state index is 11.4. The molecule has 2 saturated heterocycles. The van der Waals surface area contributed by atoms with Crippen molar-refractivity contribution in [1.82, 2.24) is 10.2 Å². The van der Waals surface area contributed by atoms with E-state index in [0.717, 1.165) is 32.5 Å². The number of rotatable bonds is 2. The number of amides is 1. The lowest BCUT2D eigenvalue weighted by Crippen LogP contribution is -2.62. The number of hydrogen-bond donors (Lipinski definition) is 2. The third-order valence-electron chi connectivity index (χ3n) is 3.68. The summed E-state index contributed by atoms with van der Waals surface area (Å²) in [5, 5.41) is 3.14. The molecule has 2 aliphatic heterocycles. The Bertz CT molecular complexity index is 231. The molecule has 2 bridgehead atoms. The van der Waals surface area contributed by atoms with Crippen molar-refractivity contribution < 1.29 is 4.79 Å². The SMILES string of the molecule is CNC1(C(N)=O)CCN2CCC1C2. The Morgan fingerprint density at radius 1 is 1.62 bits per heavy atom. The van der Waals surface area contributed by atoms with E-state index < -0.39 is 5.54 Å². The van der Waals surface area contributed by atoms with Gasteiger partial charge in [-0.15, -0.1) is 0 Å². The molecule has 0 aromatic rings. The van der Waals surface area contributed by atoms with Crippen molar-refractivity contribution in [3.05, 3.63) is 0 Å². The predicted molar refractivity (Wildman–Crippen MR) is 50.1 cm³/mol. The molecule has 74 valence electrons. The number of hydrogen-bond acceptors (Lipinski definition) is 3. The van der Waals surface area contributed by atoms with Gasteiger partial charge in [0.05, 0.1) is 0 Å². The van der Waals surface area contributed by atoms with Crippen LogP contribution in [0.5, 0.6) is 0 Å². The first-order valence-electron chi connectivity index (χ1n) is 4.90. The highest BCUT2D eigenvalue weighted by Gasteiger charge is 2.49. The average molecular weight is 183 g/mol. The standard InChI is InChI=1S/C9H17N3O/c1-11-9(8(10)13)3-5-12-4-2-7(9)6-12/h7,11H,2-6H2,1H3,(H2,10,13). The summed E-state index contributed by atoms with van der Waals surface area (Å²) in [5.74, 6) is 0.241. The Labute approximate surface area is 78.5 Å². The molecule has 0 aliphatic carbocycles. The molecule has 0 aromatic heterocycles. The minimum absolute atomic E-state index is 0.179. The maximum Gasteiger partial charge on any atom is 0.238 e. The van der Waals surface area contributed by atoms with Gasteiger partial charge in [-0.05, 0) is 26.4 Å². The van der Waals surface area contributed by atoms with Crippen LogP contribution in [0.4, 0.5) is 0 Å². The molecule has 0 spiro atoms. The summed E-state index contributed by atoms with van der Waals surface area (Å²) < 4.78 is 0. The number of piperidine rings is 1. The Balaban J connectivity index is 2.24. The van der Waals surface area contributed by atoms with Crippen molar-refractivity contribution in [2.24, 2.45) is 11.7 Å².